The third-order valence-corrected chi connectivity index (χ3v) is 4.75. The van der Waals surface area contributed by atoms with Crippen LogP contribution in [0.15, 0.2) is 83.8 Å². The molecule has 25 heavy (non-hydrogen) atoms. The number of halogens is 2. The molecule has 0 aliphatic carbocycles. The Morgan fingerprint density at radius 3 is 1.56 bits per heavy atom. The lowest BCUT2D eigenvalue weighted by molar-refractivity contribution is 0.582. The quantitative estimate of drug-likeness (QED) is 0.700. The van der Waals surface area contributed by atoms with Crippen molar-refractivity contribution in [3.8, 4) is 0 Å². The van der Waals surface area contributed by atoms with Crippen LogP contribution >= 0.6 is 0 Å². The van der Waals surface area contributed by atoms with Crippen LogP contribution in [0.3, 0.4) is 0 Å². The predicted octanol–water partition coefficient (Wildman–Crippen LogP) is 4.00. The van der Waals surface area contributed by atoms with Crippen LogP contribution in [0.4, 0.5) is 20.2 Å². The Morgan fingerprint density at radius 2 is 1.12 bits per heavy atom. The van der Waals surface area contributed by atoms with E-state index in [2.05, 4.69) is 4.83 Å². The number of hydrogen-bond acceptors (Lipinski definition) is 3. The molecular weight excluding hydrogens is 346 g/mol. The molecule has 4 nitrogen and oxygen atoms in total. The summed E-state index contributed by atoms with van der Waals surface area (Å²) in [6.45, 7) is 0. The summed E-state index contributed by atoms with van der Waals surface area (Å²) in [6, 6.07) is 18.4. The van der Waals surface area contributed by atoms with Gasteiger partial charge in [-0.25, -0.2) is 17.2 Å². The van der Waals surface area contributed by atoms with Crippen molar-refractivity contribution < 1.29 is 17.2 Å². The second-order valence-corrected chi connectivity index (χ2v) is 6.86. The van der Waals surface area contributed by atoms with Gasteiger partial charge in [0.2, 0.25) is 0 Å². The molecule has 7 heteroatoms. The van der Waals surface area contributed by atoms with Crippen molar-refractivity contribution >= 4 is 21.4 Å². The Hall–Kier alpha value is -2.77. The van der Waals surface area contributed by atoms with E-state index in [1.807, 2.05) is 0 Å². The van der Waals surface area contributed by atoms with Crippen LogP contribution in [0.5, 0.6) is 0 Å². The first-order valence-electron chi connectivity index (χ1n) is 7.34. The van der Waals surface area contributed by atoms with Crippen molar-refractivity contribution in [3.63, 3.8) is 0 Å². The fraction of sp³-hybridized carbons (Fsp3) is 0. The van der Waals surface area contributed by atoms with E-state index in [0.29, 0.717) is 11.4 Å². The smallest absolute Gasteiger partial charge is 0.257 e. The van der Waals surface area contributed by atoms with Gasteiger partial charge in [-0.05, 0) is 60.7 Å². The standard InChI is InChI=1S/C18H14F2N2O2S/c19-14-6-10-16(11-7-14)22(17-12-8-15(20)9-13-17)21-25(23,24)18-4-2-1-3-5-18/h1-13,21H. The van der Waals surface area contributed by atoms with Gasteiger partial charge in [-0.3, -0.25) is 5.01 Å². The van der Waals surface area contributed by atoms with Gasteiger partial charge in [0, 0.05) is 0 Å². The van der Waals surface area contributed by atoms with Crippen LogP contribution in [0.2, 0.25) is 0 Å². The molecule has 0 saturated heterocycles. The fourth-order valence-corrected chi connectivity index (χ4v) is 3.28. The van der Waals surface area contributed by atoms with Crippen LogP contribution in [0.1, 0.15) is 0 Å². The zero-order valence-corrected chi connectivity index (χ0v) is 13.7. The number of benzene rings is 3. The van der Waals surface area contributed by atoms with Crippen molar-refractivity contribution in [1.29, 1.82) is 0 Å². The van der Waals surface area contributed by atoms with Gasteiger partial charge < -0.3 is 0 Å². The Labute approximate surface area is 144 Å². The van der Waals surface area contributed by atoms with E-state index in [1.165, 1.54) is 65.7 Å². The predicted molar refractivity (Wildman–Crippen MR) is 91.7 cm³/mol. The van der Waals surface area contributed by atoms with Gasteiger partial charge in [0.25, 0.3) is 10.0 Å². The topological polar surface area (TPSA) is 49.4 Å². The molecule has 0 heterocycles. The third kappa shape index (κ3) is 4.01. The van der Waals surface area contributed by atoms with E-state index >= 15 is 0 Å². The van der Waals surface area contributed by atoms with Crippen molar-refractivity contribution in [2.24, 2.45) is 0 Å². The number of sulfonamides is 1. The van der Waals surface area contributed by atoms with Crippen LogP contribution in [0.25, 0.3) is 0 Å². The molecular formula is C18H14F2N2O2S. The highest BCUT2D eigenvalue weighted by Gasteiger charge is 2.20. The van der Waals surface area contributed by atoms with Gasteiger partial charge >= 0.3 is 0 Å². The molecule has 0 aliphatic rings. The first-order chi connectivity index (χ1) is 12.0. The maximum absolute atomic E-state index is 13.2. The summed E-state index contributed by atoms with van der Waals surface area (Å²) in [5.74, 6) is -0.901. The summed E-state index contributed by atoms with van der Waals surface area (Å²) in [5.41, 5.74) is 0.764. The highest BCUT2D eigenvalue weighted by Crippen LogP contribution is 2.25. The molecule has 3 aromatic carbocycles. The van der Waals surface area contributed by atoms with Crippen LogP contribution in [-0.2, 0) is 10.0 Å². The molecule has 0 spiro atoms. The molecule has 0 fully saturated rings. The number of hydrogen-bond donors (Lipinski definition) is 1. The Balaban J connectivity index is 2.02. The van der Waals surface area contributed by atoms with Crippen LogP contribution in [-0.4, -0.2) is 8.42 Å². The van der Waals surface area contributed by atoms with Crippen molar-refractivity contribution in [2.45, 2.75) is 4.90 Å². The lowest BCUT2D eigenvalue weighted by atomic mass is 10.2. The molecule has 3 rings (SSSR count). The van der Waals surface area contributed by atoms with E-state index in [-0.39, 0.29) is 4.90 Å². The summed E-state index contributed by atoms with van der Waals surface area (Å²) >= 11 is 0. The molecule has 3 aromatic rings. The molecule has 0 saturated carbocycles. The minimum absolute atomic E-state index is 0.0734. The van der Waals surface area contributed by atoms with Crippen molar-refractivity contribution in [2.75, 3.05) is 5.01 Å². The summed E-state index contributed by atoms with van der Waals surface area (Å²) in [5, 5.41) is 1.25. The fourth-order valence-electron chi connectivity index (χ4n) is 2.21. The SMILES string of the molecule is O=S(=O)(NN(c1ccc(F)cc1)c1ccc(F)cc1)c1ccccc1. The van der Waals surface area contributed by atoms with E-state index in [1.54, 1.807) is 18.2 Å². The van der Waals surface area contributed by atoms with Gasteiger partial charge in [0.1, 0.15) is 11.6 Å². The third-order valence-electron chi connectivity index (χ3n) is 3.43. The van der Waals surface area contributed by atoms with E-state index < -0.39 is 21.7 Å². The Kier molecular flexibility index (Phi) is 4.78. The monoisotopic (exact) mass is 360 g/mol. The molecule has 0 aromatic heterocycles. The van der Waals surface area contributed by atoms with Crippen LogP contribution in [0, 0.1) is 11.6 Å². The minimum atomic E-state index is -3.89. The number of nitrogens with one attached hydrogen (secondary N) is 1. The molecule has 0 radical (unpaired) electrons. The molecule has 0 unspecified atom stereocenters. The highest BCUT2D eigenvalue weighted by atomic mass is 32.2. The van der Waals surface area contributed by atoms with Crippen molar-refractivity contribution in [1.82, 2.24) is 4.83 Å². The molecule has 128 valence electrons. The molecule has 0 bridgehead atoms. The maximum atomic E-state index is 13.2. The van der Waals surface area contributed by atoms with E-state index in [9.17, 15) is 17.2 Å². The average molecular weight is 360 g/mol. The second-order valence-electron chi connectivity index (χ2n) is 5.20. The molecule has 0 atom stereocenters. The Morgan fingerprint density at radius 1 is 0.680 bits per heavy atom. The van der Waals surface area contributed by atoms with Crippen LogP contribution < -0.4 is 9.84 Å². The van der Waals surface area contributed by atoms with E-state index in [0.717, 1.165) is 0 Å². The zero-order chi connectivity index (χ0) is 17.9. The number of nitrogens with zero attached hydrogens (tertiary/aromatic N) is 1. The van der Waals surface area contributed by atoms with E-state index in [4.69, 9.17) is 0 Å². The zero-order valence-electron chi connectivity index (χ0n) is 12.9. The number of hydrazine groups is 1. The second kappa shape index (κ2) is 7.00. The molecule has 1 N–H and O–H groups in total. The first kappa shape index (κ1) is 17.1. The molecule has 0 amide bonds. The molecule has 0 aliphatic heterocycles. The van der Waals surface area contributed by atoms with Gasteiger partial charge in [-0.15, -0.1) is 4.83 Å². The summed E-state index contributed by atoms with van der Waals surface area (Å²) < 4.78 is 51.6. The highest BCUT2D eigenvalue weighted by molar-refractivity contribution is 7.89. The Bertz CT molecular complexity index is 899. The summed E-state index contributed by atoms with van der Waals surface area (Å²) in [4.78, 5) is 2.52. The first-order valence-corrected chi connectivity index (χ1v) is 8.83. The van der Waals surface area contributed by atoms with Crippen molar-refractivity contribution in [3.05, 3.63) is 90.5 Å². The normalized spacial score (nSPS) is 11.3. The van der Waals surface area contributed by atoms with Gasteiger partial charge in [0.05, 0.1) is 16.3 Å². The lowest BCUT2D eigenvalue weighted by Gasteiger charge is -2.25. The van der Waals surface area contributed by atoms with Gasteiger partial charge in [0.15, 0.2) is 0 Å². The summed E-state index contributed by atoms with van der Waals surface area (Å²) in [6.07, 6.45) is 0. The van der Waals surface area contributed by atoms with Gasteiger partial charge in [-0.2, -0.15) is 0 Å². The van der Waals surface area contributed by atoms with Gasteiger partial charge in [-0.1, -0.05) is 18.2 Å². The summed E-state index contributed by atoms with van der Waals surface area (Å²) in [7, 11) is -3.89. The number of anilines is 2. The minimum Gasteiger partial charge on any atom is -0.263 e. The largest absolute Gasteiger partial charge is 0.263 e. The average Bonchev–Trinajstić information content (AvgIpc) is 2.62. The maximum Gasteiger partial charge on any atom is 0.257 e. The lowest BCUT2D eigenvalue weighted by Crippen LogP contribution is -2.38. The number of rotatable bonds is 5.